The number of likely N-dealkylation sites (tertiary alicyclic amines) is 1. The summed E-state index contributed by atoms with van der Waals surface area (Å²) in [5.41, 5.74) is 7.62. The Labute approximate surface area is 461 Å². The molecular formula is C59H64FN13O7. The highest BCUT2D eigenvalue weighted by molar-refractivity contribution is 6.06. The van der Waals surface area contributed by atoms with E-state index >= 15 is 4.39 Å². The molecule has 12 rings (SSSR count). The minimum atomic E-state index is -0.996. The second-order valence-corrected chi connectivity index (χ2v) is 22.0. The van der Waals surface area contributed by atoms with Gasteiger partial charge < -0.3 is 44.9 Å². The molecule has 5 N–H and O–H groups in total. The second-order valence-electron chi connectivity index (χ2n) is 22.0. The fourth-order valence-corrected chi connectivity index (χ4v) is 11.6. The van der Waals surface area contributed by atoms with E-state index < -0.39 is 36.0 Å². The van der Waals surface area contributed by atoms with Crippen LogP contribution in [0.3, 0.4) is 0 Å². The van der Waals surface area contributed by atoms with E-state index in [1.54, 1.807) is 57.0 Å². The molecule has 21 heteroatoms. The maximum Gasteiger partial charge on any atom is 0.319 e. The van der Waals surface area contributed by atoms with Crippen molar-refractivity contribution in [3.63, 3.8) is 0 Å². The van der Waals surface area contributed by atoms with E-state index in [0.29, 0.717) is 51.0 Å². The van der Waals surface area contributed by atoms with Gasteiger partial charge in [0.15, 0.2) is 11.6 Å². The zero-order valence-electron chi connectivity index (χ0n) is 45.2. The van der Waals surface area contributed by atoms with Crippen LogP contribution in [0.15, 0.2) is 91.5 Å². The predicted octanol–water partition coefficient (Wildman–Crippen LogP) is 6.77. The summed E-state index contributed by atoms with van der Waals surface area (Å²) in [4.78, 5) is 51.2. The van der Waals surface area contributed by atoms with Crippen LogP contribution in [0.1, 0.15) is 86.7 Å². The van der Waals surface area contributed by atoms with Crippen molar-refractivity contribution in [3.05, 3.63) is 120 Å². The molecule has 0 unspecified atom stereocenters. The average Bonchev–Trinajstić information content (AvgIpc) is 3.64. The summed E-state index contributed by atoms with van der Waals surface area (Å²) in [5, 5.41) is 45.7. The van der Waals surface area contributed by atoms with Gasteiger partial charge in [0.2, 0.25) is 11.8 Å². The largest absolute Gasteiger partial charge is 0.486 e. The molecular weight excluding hydrogens is 1020 g/mol. The van der Waals surface area contributed by atoms with Gasteiger partial charge in [-0.1, -0.05) is 67.6 Å². The van der Waals surface area contributed by atoms with E-state index in [9.17, 15) is 19.8 Å². The van der Waals surface area contributed by atoms with Crippen molar-refractivity contribution in [1.82, 2.24) is 60.7 Å². The number of aliphatic hydroxyl groups excluding tert-OH is 2. The lowest BCUT2D eigenvalue weighted by Gasteiger charge is -2.30. The number of amides is 2. The minimum absolute atomic E-state index is 0.0292. The van der Waals surface area contributed by atoms with Gasteiger partial charge in [0.1, 0.15) is 48.1 Å². The number of piperazine rings is 1. The van der Waals surface area contributed by atoms with Crippen molar-refractivity contribution in [1.29, 1.82) is 0 Å². The molecule has 2 bridgehead atoms. The summed E-state index contributed by atoms with van der Waals surface area (Å²) in [6, 6.07) is 18.5. The van der Waals surface area contributed by atoms with E-state index in [4.69, 9.17) is 24.2 Å². The minimum Gasteiger partial charge on any atom is -0.486 e. The van der Waals surface area contributed by atoms with Gasteiger partial charge >= 0.3 is 6.01 Å². The summed E-state index contributed by atoms with van der Waals surface area (Å²) < 4.78 is 36.6. The Bertz CT molecular complexity index is 3580. The first-order valence-corrected chi connectivity index (χ1v) is 27.4. The highest BCUT2D eigenvalue weighted by Crippen LogP contribution is 2.53. The lowest BCUT2D eigenvalue weighted by atomic mass is 9.88. The number of aliphatic hydroxyl groups is 2. The first-order valence-electron chi connectivity index (χ1n) is 27.4. The molecule has 4 aromatic carbocycles. The van der Waals surface area contributed by atoms with Gasteiger partial charge in [0.05, 0.1) is 42.8 Å². The smallest absolute Gasteiger partial charge is 0.319 e. The predicted molar refractivity (Wildman–Crippen MR) is 296 cm³/mol. The Morgan fingerprint density at radius 2 is 1.71 bits per heavy atom. The van der Waals surface area contributed by atoms with E-state index in [1.807, 2.05) is 57.2 Å². The van der Waals surface area contributed by atoms with Crippen molar-refractivity contribution >= 4 is 39.4 Å². The second kappa shape index (κ2) is 21.9. The topological polar surface area (TPSA) is 244 Å². The first kappa shape index (κ1) is 52.7. The van der Waals surface area contributed by atoms with Gasteiger partial charge in [-0.25, -0.2) is 19.0 Å². The average molecular weight is 1090 g/mol. The van der Waals surface area contributed by atoms with Crippen LogP contribution in [0.4, 0.5) is 10.2 Å². The number of methoxy groups -OCH3 is 1. The third kappa shape index (κ3) is 10.2. The zero-order valence-corrected chi connectivity index (χ0v) is 45.2. The number of rotatable bonds is 19. The molecule has 3 saturated heterocycles. The molecule has 80 heavy (non-hydrogen) atoms. The monoisotopic (exact) mass is 1090 g/mol. The van der Waals surface area contributed by atoms with Crippen molar-refractivity contribution in [2.45, 2.75) is 108 Å². The van der Waals surface area contributed by atoms with Crippen molar-refractivity contribution in [2.24, 2.45) is 5.92 Å². The number of H-pyrrole nitrogens is 1. The first-order chi connectivity index (χ1) is 38.8. The molecule has 2 amide bonds. The summed E-state index contributed by atoms with van der Waals surface area (Å²) in [7, 11) is 1.63. The number of β-amino-alcohol motifs (C(OH)–C–C–N with tert-alkyl or cyclic N) is 1. The Morgan fingerprint density at radius 1 is 0.938 bits per heavy atom. The van der Waals surface area contributed by atoms with Crippen LogP contribution in [0.5, 0.6) is 11.8 Å². The molecule has 8 aromatic rings. The molecule has 4 aromatic heterocycles. The Kier molecular flexibility index (Phi) is 14.4. The fraction of sp³-hybridized carbons (Fsp3) is 0.407. The summed E-state index contributed by atoms with van der Waals surface area (Å²) in [6.07, 6.45) is 8.58. The molecule has 7 heterocycles. The van der Waals surface area contributed by atoms with Gasteiger partial charge in [-0.05, 0) is 85.4 Å². The molecule has 1 aliphatic carbocycles. The van der Waals surface area contributed by atoms with E-state index in [1.165, 1.54) is 15.6 Å². The molecule has 4 fully saturated rings. The van der Waals surface area contributed by atoms with Crippen molar-refractivity contribution < 1.29 is 38.4 Å². The lowest BCUT2D eigenvalue weighted by Crippen LogP contribution is -2.50. The number of fused-ring (bicyclic) bond motifs is 4. The van der Waals surface area contributed by atoms with Crippen LogP contribution < -0.4 is 25.0 Å². The number of anilines is 1. The highest BCUT2D eigenvalue weighted by Gasteiger charge is 2.44. The molecule has 4 aliphatic rings. The van der Waals surface area contributed by atoms with Gasteiger partial charge in [0, 0.05) is 90.7 Å². The highest BCUT2D eigenvalue weighted by atomic mass is 19.1. The zero-order chi connectivity index (χ0) is 55.3. The van der Waals surface area contributed by atoms with Gasteiger partial charge in [-0.15, -0.1) is 5.10 Å². The molecule has 3 aliphatic heterocycles. The number of hydrogen-bond donors (Lipinski definition) is 5. The maximum absolute atomic E-state index is 16.1. The molecule has 0 radical (unpaired) electrons. The molecule has 7 atom stereocenters. The number of aromatic amines is 1. The van der Waals surface area contributed by atoms with Crippen molar-refractivity contribution in [2.75, 3.05) is 44.9 Å². The maximum atomic E-state index is 16.1. The van der Waals surface area contributed by atoms with Gasteiger partial charge in [-0.3, -0.25) is 14.7 Å². The summed E-state index contributed by atoms with van der Waals surface area (Å²) in [6.45, 7) is 9.04. The third-order valence-electron chi connectivity index (χ3n) is 16.1. The lowest BCUT2D eigenvalue weighted by molar-refractivity contribution is -0.142. The number of carbonyl (C=O) groups is 2. The van der Waals surface area contributed by atoms with Gasteiger partial charge in [-0.2, -0.15) is 15.1 Å². The van der Waals surface area contributed by atoms with Crippen LogP contribution in [0.2, 0.25) is 0 Å². The van der Waals surface area contributed by atoms with Crippen LogP contribution in [0.25, 0.3) is 55.6 Å². The van der Waals surface area contributed by atoms with Crippen molar-refractivity contribution in [3.8, 4) is 45.5 Å². The van der Waals surface area contributed by atoms with E-state index in [0.717, 1.165) is 76.8 Å². The molecule has 20 nitrogen and oxygen atoms in total. The molecule has 414 valence electrons. The SMILES string of the molecule is CO[C@@H](C)COc1nc(N2C[C@@H]3C[C@H]2CN3)c2cc(C3CC3)c(-c3c(C)c(F)cc4[nH]ncc34)c(OCc3ccc(-c4cn([C@H](C(=O)N5C[C@H](O)C[C@H]5C(=O)N[C@@H](CO)c5ccc(-c6ncccn6)cc5)C(C)C)nn4)cc3)c2n1. The quantitative estimate of drug-likeness (QED) is 0.0561. The Morgan fingerprint density at radius 3 is 2.41 bits per heavy atom. The van der Waals surface area contributed by atoms with Crippen LogP contribution in [0, 0.1) is 18.7 Å². The van der Waals surface area contributed by atoms with Gasteiger partial charge in [0.25, 0.3) is 0 Å². The number of nitrogens with one attached hydrogen (secondary N) is 3. The van der Waals surface area contributed by atoms with Crippen LogP contribution >= 0.6 is 0 Å². The number of benzene rings is 4. The number of ether oxygens (including phenoxy) is 3. The van der Waals surface area contributed by atoms with Crippen LogP contribution in [-0.4, -0.2) is 142 Å². The van der Waals surface area contributed by atoms with Crippen LogP contribution in [-0.2, 0) is 20.9 Å². The number of aromatic nitrogens is 9. The summed E-state index contributed by atoms with van der Waals surface area (Å²) >= 11 is 0. The van der Waals surface area contributed by atoms with E-state index in [2.05, 4.69) is 52.1 Å². The number of hydrogen-bond acceptors (Lipinski definition) is 16. The molecule has 0 spiro atoms. The number of carbonyl (C=O) groups excluding carboxylic acids is 2. The normalized spacial score (nSPS) is 20.0. The third-order valence-corrected chi connectivity index (χ3v) is 16.1. The number of halogens is 1. The fourth-order valence-electron chi connectivity index (χ4n) is 11.6. The Hall–Kier alpha value is -7.98. The standard InChI is InChI=1S/C59H64FN13O7/c1-31(2)53(58(77)72-26-41(75)20-49(72)57(76)65-48(28-74)37-13-15-38(16-14-37)55-61-17-6-18-62-55)73-27-47(69-70-73)36-9-7-34(8-10-36)30-79-54-51(50-33(4)45(60)22-46-44(50)24-64-68-46)42(35-11-12-35)21-43-52(54)66-59(80-29-32(3)78-5)67-56(43)71-25-39-19-40(71)23-63-39/h6-10,13-18,21-22,24,27,31-32,35,39-41,48-49,53,63,74-75H,11-12,19-20,23,25-26,28-30H2,1-5H3,(H,64,68)(H,65,76)/t32-,39-,40-,41+,48-,49-,53-/m0/s1. The van der Waals surface area contributed by atoms with E-state index in [-0.39, 0.29) is 68.6 Å². The Balaban J connectivity index is 0.823. The summed E-state index contributed by atoms with van der Waals surface area (Å²) in [5.74, 6) is 0.497. The molecule has 1 saturated carbocycles. The number of nitrogens with zero attached hydrogens (tertiary/aromatic N) is 10.